The number of nitrogens with zero attached hydrogens (tertiary/aromatic N) is 5. The summed E-state index contributed by atoms with van der Waals surface area (Å²) in [4.78, 5) is 13.2. The van der Waals surface area contributed by atoms with Crippen LogP contribution in [-0.4, -0.2) is 62.9 Å². The zero-order chi connectivity index (χ0) is 18.3. The minimum atomic E-state index is 0.132. The minimum absolute atomic E-state index is 0.132. The fraction of sp³-hybridized carbons (Fsp3) is 0.625. The molecule has 0 aliphatic heterocycles. The Balaban J connectivity index is 1.88. The quantitative estimate of drug-likeness (QED) is 0.371. The average molecular weight is 365 g/mol. The summed E-state index contributed by atoms with van der Waals surface area (Å²) in [5.41, 5.74) is 0.819. The second-order valence-electron chi connectivity index (χ2n) is 6.24. The summed E-state index contributed by atoms with van der Waals surface area (Å²) < 4.78 is 1.87. The first-order valence-corrected chi connectivity index (χ1v) is 9.63. The molecule has 0 spiro atoms. The molecule has 9 heteroatoms. The number of aliphatic imine (C=N–C) groups is 1. The number of aromatic nitrogens is 4. The van der Waals surface area contributed by atoms with Gasteiger partial charge in [-0.15, -0.1) is 0 Å². The molecule has 0 unspecified atom stereocenters. The molecular weight excluding hydrogens is 336 g/mol. The van der Waals surface area contributed by atoms with Gasteiger partial charge in [-0.3, -0.25) is 9.67 Å². The van der Waals surface area contributed by atoms with Crippen LogP contribution in [0.2, 0.25) is 0 Å². The molecule has 0 aliphatic rings. The van der Waals surface area contributed by atoms with Gasteiger partial charge in [0.05, 0.1) is 18.1 Å². The number of aryl methyl sites for hydroxylation is 1. The standard InChI is InChI=1S/C16H28N8S/c1-6-17-15(20-10-16(2,3)25-5)19-8-7-18-13-12-9-23-24(4)14(12)22-11-21-13/h9,11H,6-8,10H2,1-5H3,(H2,17,19,20)(H,18,21,22). The van der Waals surface area contributed by atoms with Gasteiger partial charge in [0.2, 0.25) is 0 Å². The first-order valence-electron chi connectivity index (χ1n) is 8.40. The van der Waals surface area contributed by atoms with E-state index in [1.54, 1.807) is 17.2 Å². The van der Waals surface area contributed by atoms with Crippen LogP contribution in [0, 0.1) is 0 Å². The second kappa shape index (κ2) is 8.89. The van der Waals surface area contributed by atoms with Crippen molar-refractivity contribution in [2.75, 3.05) is 37.8 Å². The first-order chi connectivity index (χ1) is 12.0. The van der Waals surface area contributed by atoms with Gasteiger partial charge < -0.3 is 16.0 Å². The Hall–Kier alpha value is -2.03. The monoisotopic (exact) mass is 364 g/mol. The van der Waals surface area contributed by atoms with Crippen LogP contribution < -0.4 is 16.0 Å². The van der Waals surface area contributed by atoms with Gasteiger partial charge in [-0.25, -0.2) is 9.97 Å². The molecule has 3 N–H and O–H groups in total. The fourth-order valence-electron chi connectivity index (χ4n) is 2.14. The smallest absolute Gasteiger partial charge is 0.191 e. The molecule has 138 valence electrons. The van der Waals surface area contributed by atoms with Gasteiger partial charge in [0.1, 0.15) is 12.1 Å². The van der Waals surface area contributed by atoms with Gasteiger partial charge in [0, 0.05) is 31.4 Å². The Kier molecular flexibility index (Phi) is 6.86. The molecule has 8 nitrogen and oxygen atoms in total. The third-order valence-electron chi connectivity index (χ3n) is 3.75. The van der Waals surface area contributed by atoms with Crippen LogP contribution in [0.1, 0.15) is 20.8 Å². The van der Waals surface area contributed by atoms with Crippen molar-refractivity contribution in [2.24, 2.45) is 12.0 Å². The number of nitrogens with one attached hydrogen (secondary N) is 3. The highest BCUT2D eigenvalue weighted by Crippen LogP contribution is 2.21. The molecule has 0 bridgehead atoms. The maximum Gasteiger partial charge on any atom is 0.191 e. The van der Waals surface area contributed by atoms with Crippen molar-refractivity contribution in [3.05, 3.63) is 12.5 Å². The summed E-state index contributed by atoms with van der Waals surface area (Å²) in [6.45, 7) is 9.51. The maximum atomic E-state index is 4.66. The topological polar surface area (TPSA) is 92.1 Å². The number of rotatable bonds is 8. The highest BCUT2D eigenvalue weighted by Gasteiger charge is 2.15. The number of hydrogen-bond donors (Lipinski definition) is 3. The zero-order valence-corrected chi connectivity index (χ0v) is 16.4. The van der Waals surface area contributed by atoms with Crippen LogP contribution in [-0.2, 0) is 7.05 Å². The van der Waals surface area contributed by atoms with Crippen LogP contribution in [0.4, 0.5) is 5.82 Å². The molecule has 0 atom stereocenters. The predicted octanol–water partition coefficient (Wildman–Crippen LogP) is 1.47. The van der Waals surface area contributed by atoms with E-state index in [4.69, 9.17) is 0 Å². The summed E-state index contributed by atoms with van der Waals surface area (Å²) in [6.07, 6.45) is 5.44. The van der Waals surface area contributed by atoms with Crippen molar-refractivity contribution >= 4 is 34.6 Å². The number of anilines is 1. The normalized spacial score (nSPS) is 12.4. The van der Waals surface area contributed by atoms with E-state index in [0.717, 1.165) is 49.0 Å². The molecule has 2 rings (SSSR count). The maximum absolute atomic E-state index is 4.66. The van der Waals surface area contributed by atoms with E-state index in [2.05, 4.69) is 63.0 Å². The van der Waals surface area contributed by atoms with Gasteiger partial charge in [0.15, 0.2) is 11.6 Å². The molecule has 0 aromatic carbocycles. The van der Waals surface area contributed by atoms with Crippen molar-refractivity contribution in [3.63, 3.8) is 0 Å². The Morgan fingerprint density at radius 2 is 2.08 bits per heavy atom. The van der Waals surface area contributed by atoms with Crippen LogP contribution in [0.3, 0.4) is 0 Å². The van der Waals surface area contributed by atoms with Gasteiger partial charge in [-0.05, 0) is 27.0 Å². The largest absolute Gasteiger partial charge is 0.368 e. The van der Waals surface area contributed by atoms with Crippen molar-refractivity contribution < 1.29 is 0 Å². The van der Waals surface area contributed by atoms with Crippen LogP contribution in [0.5, 0.6) is 0 Å². The molecule has 0 radical (unpaired) electrons. The SMILES string of the molecule is CCNC(=NCC(C)(C)SC)NCCNc1ncnc2c1cnn2C. The number of thioether (sulfide) groups is 1. The number of hydrogen-bond acceptors (Lipinski definition) is 6. The number of guanidine groups is 1. The van der Waals surface area contributed by atoms with E-state index in [-0.39, 0.29) is 4.75 Å². The molecule has 2 aromatic rings. The summed E-state index contributed by atoms with van der Waals surface area (Å²) in [6, 6.07) is 0. The lowest BCUT2D eigenvalue weighted by atomic mass is 10.2. The van der Waals surface area contributed by atoms with Gasteiger partial charge in [0.25, 0.3) is 0 Å². The minimum Gasteiger partial charge on any atom is -0.368 e. The molecule has 0 saturated heterocycles. The average Bonchev–Trinajstić information content (AvgIpc) is 2.98. The summed E-state index contributed by atoms with van der Waals surface area (Å²) in [7, 11) is 1.87. The van der Waals surface area contributed by atoms with E-state index in [0.29, 0.717) is 0 Å². The van der Waals surface area contributed by atoms with Gasteiger partial charge in [-0.1, -0.05) is 0 Å². The van der Waals surface area contributed by atoms with Crippen molar-refractivity contribution in [1.82, 2.24) is 30.4 Å². The molecule has 0 fully saturated rings. The van der Waals surface area contributed by atoms with Gasteiger partial charge >= 0.3 is 0 Å². The molecule has 2 aromatic heterocycles. The van der Waals surface area contributed by atoms with Crippen molar-refractivity contribution in [1.29, 1.82) is 0 Å². The molecule has 25 heavy (non-hydrogen) atoms. The molecule has 0 amide bonds. The Morgan fingerprint density at radius 1 is 1.28 bits per heavy atom. The lowest BCUT2D eigenvalue weighted by Crippen LogP contribution is -2.40. The Labute approximate surface area is 153 Å². The van der Waals surface area contributed by atoms with E-state index in [1.165, 1.54) is 0 Å². The molecule has 0 aliphatic carbocycles. The zero-order valence-electron chi connectivity index (χ0n) is 15.6. The van der Waals surface area contributed by atoms with E-state index >= 15 is 0 Å². The third kappa shape index (κ3) is 5.48. The highest BCUT2D eigenvalue weighted by atomic mass is 32.2. The summed E-state index contributed by atoms with van der Waals surface area (Å²) in [5, 5.41) is 15.1. The highest BCUT2D eigenvalue weighted by molar-refractivity contribution is 7.99. The number of fused-ring (bicyclic) bond motifs is 1. The molecule has 2 heterocycles. The van der Waals surface area contributed by atoms with Crippen LogP contribution >= 0.6 is 11.8 Å². The predicted molar refractivity (Wildman–Crippen MR) is 106 cm³/mol. The summed E-state index contributed by atoms with van der Waals surface area (Å²) >= 11 is 1.82. The first kappa shape index (κ1) is 19.3. The Bertz CT molecular complexity index is 709. The van der Waals surface area contributed by atoms with Crippen molar-refractivity contribution in [2.45, 2.75) is 25.5 Å². The van der Waals surface area contributed by atoms with Crippen molar-refractivity contribution in [3.8, 4) is 0 Å². The van der Waals surface area contributed by atoms with E-state index < -0.39 is 0 Å². The second-order valence-corrected chi connectivity index (χ2v) is 7.75. The lowest BCUT2D eigenvalue weighted by molar-refractivity contribution is 0.712. The van der Waals surface area contributed by atoms with E-state index in [1.807, 2.05) is 18.8 Å². The fourth-order valence-corrected chi connectivity index (χ4v) is 2.33. The third-order valence-corrected chi connectivity index (χ3v) is 4.99. The Morgan fingerprint density at radius 3 is 2.80 bits per heavy atom. The van der Waals surface area contributed by atoms with Gasteiger partial charge in [-0.2, -0.15) is 16.9 Å². The summed E-state index contributed by atoms with van der Waals surface area (Å²) in [5.74, 6) is 1.63. The van der Waals surface area contributed by atoms with Crippen LogP contribution in [0.15, 0.2) is 17.5 Å². The lowest BCUT2D eigenvalue weighted by Gasteiger charge is -2.20. The molecular formula is C16H28N8S. The van der Waals surface area contributed by atoms with E-state index in [9.17, 15) is 0 Å². The molecule has 0 saturated carbocycles. The van der Waals surface area contributed by atoms with Crippen LogP contribution in [0.25, 0.3) is 11.0 Å².